The maximum Gasteiger partial charge on any atom is 0.510 e. The molecule has 2 aromatic carbocycles. The minimum atomic E-state index is -2.20. The third-order valence-corrected chi connectivity index (χ3v) is 5.43. The quantitative estimate of drug-likeness (QED) is 0.436. The van der Waals surface area contributed by atoms with Crippen LogP contribution in [0.3, 0.4) is 0 Å². The van der Waals surface area contributed by atoms with E-state index >= 15 is 0 Å². The molecule has 9 heteroatoms. The Balaban J connectivity index is 1.47. The van der Waals surface area contributed by atoms with E-state index in [0.29, 0.717) is 23.5 Å². The largest absolute Gasteiger partial charge is 0.510 e. The Hall–Kier alpha value is -3.61. The first-order chi connectivity index (χ1) is 14.7. The van der Waals surface area contributed by atoms with Crippen LogP contribution >= 0.6 is 8.03 Å². The van der Waals surface area contributed by atoms with Crippen molar-refractivity contribution in [2.75, 3.05) is 0 Å². The van der Waals surface area contributed by atoms with E-state index in [9.17, 15) is 4.57 Å². The summed E-state index contributed by atoms with van der Waals surface area (Å²) in [7, 11) is -2.20. The predicted octanol–water partition coefficient (Wildman–Crippen LogP) is 3.72. The highest BCUT2D eigenvalue weighted by molar-refractivity contribution is 7.37. The highest BCUT2D eigenvalue weighted by Crippen LogP contribution is 2.24. The molecule has 0 aliphatic rings. The van der Waals surface area contributed by atoms with Gasteiger partial charge < -0.3 is 0 Å². The average molecular weight is 415 g/mol. The van der Waals surface area contributed by atoms with Crippen LogP contribution in [-0.2, 0) is 17.3 Å². The molecule has 0 bridgehead atoms. The van der Waals surface area contributed by atoms with Gasteiger partial charge in [-0.25, -0.2) is 14.6 Å². The van der Waals surface area contributed by atoms with Crippen molar-refractivity contribution in [2.45, 2.75) is 12.7 Å². The Morgan fingerprint density at radius 2 is 1.83 bits per heavy atom. The average Bonchev–Trinajstić information content (AvgIpc) is 3.16. The van der Waals surface area contributed by atoms with Crippen LogP contribution in [0.4, 0.5) is 0 Å². The summed E-state index contributed by atoms with van der Waals surface area (Å²) in [6, 6.07) is 17.4. The molecule has 0 aliphatic carbocycles. The Bertz CT molecular complexity index is 1380. The molecular weight excluding hydrogens is 399 g/mol. The van der Waals surface area contributed by atoms with Gasteiger partial charge in [0.1, 0.15) is 0 Å². The molecule has 30 heavy (non-hydrogen) atoms. The molecule has 5 aromatic rings. The number of pyridine rings is 1. The first-order valence-electron chi connectivity index (χ1n) is 9.28. The maximum atomic E-state index is 11.0. The standard InChI is InChI=1S/C21H15N6O2P/c28-30(29)13-14-3-6-16(7-4-14)19-11-23-20-21(24-19)27(26-25-20)12-15-5-8-18-17(10-15)2-1-9-22-18/h1-11H,12-13H2/p+1. The summed E-state index contributed by atoms with van der Waals surface area (Å²) in [4.78, 5) is 22.5. The Labute approximate surface area is 172 Å². The summed E-state index contributed by atoms with van der Waals surface area (Å²) >= 11 is 0. The normalized spacial score (nSPS) is 11.8. The zero-order valence-electron chi connectivity index (χ0n) is 15.8. The van der Waals surface area contributed by atoms with E-state index in [2.05, 4.69) is 26.3 Å². The molecule has 0 radical (unpaired) electrons. The summed E-state index contributed by atoms with van der Waals surface area (Å²) in [6.45, 7) is 0.516. The lowest BCUT2D eigenvalue weighted by Crippen LogP contribution is -2.03. The van der Waals surface area contributed by atoms with Crippen molar-refractivity contribution in [3.8, 4) is 11.3 Å². The fourth-order valence-electron chi connectivity index (χ4n) is 3.33. The lowest BCUT2D eigenvalue weighted by Gasteiger charge is -2.05. The topological polar surface area (TPSA) is 107 Å². The van der Waals surface area contributed by atoms with Gasteiger partial charge in [-0.15, -0.1) is 5.10 Å². The highest BCUT2D eigenvalue weighted by Gasteiger charge is 2.13. The van der Waals surface area contributed by atoms with Gasteiger partial charge in [-0.2, -0.15) is 4.89 Å². The van der Waals surface area contributed by atoms with Gasteiger partial charge in [0.15, 0.2) is 5.65 Å². The third kappa shape index (κ3) is 3.66. The number of benzene rings is 2. The lowest BCUT2D eigenvalue weighted by atomic mass is 10.1. The van der Waals surface area contributed by atoms with Gasteiger partial charge >= 0.3 is 8.03 Å². The Morgan fingerprint density at radius 1 is 1.00 bits per heavy atom. The number of nitrogens with zero attached hydrogens (tertiary/aromatic N) is 6. The van der Waals surface area contributed by atoms with E-state index in [-0.39, 0.29) is 6.16 Å². The van der Waals surface area contributed by atoms with Crippen molar-refractivity contribution in [3.05, 3.63) is 78.1 Å². The van der Waals surface area contributed by atoms with Gasteiger partial charge in [-0.05, 0) is 28.3 Å². The summed E-state index contributed by atoms with van der Waals surface area (Å²) in [5.41, 5.74) is 5.45. The smallest absolute Gasteiger partial charge is 0.256 e. The van der Waals surface area contributed by atoms with Gasteiger partial charge in [0.2, 0.25) is 11.8 Å². The van der Waals surface area contributed by atoms with E-state index in [1.54, 1.807) is 17.1 Å². The van der Waals surface area contributed by atoms with Gasteiger partial charge in [0, 0.05) is 22.7 Å². The number of aromatic nitrogens is 6. The summed E-state index contributed by atoms with van der Waals surface area (Å²) in [5.74, 6) is 0. The molecule has 8 nitrogen and oxygen atoms in total. The molecule has 0 saturated carbocycles. The molecule has 1 N–H and O–H groups in total. The SMILES string of the molecule is O=[P+](O)Cc1ccc(-c2cnc3nnn(Cc4ccc5ncccc5c4)c3n2)cc1. The minimum absolute atomic E-state index is 0.137. The van der Waals surface area contributed by atoms with Crippen molar-refractivity contribution >= 4 is 30.2 Å². The van der Waals surface area contributed by atoms with Crippen LogP contribution in [0.1, 0.15) is 11.1 Å². The molecule has 0 aliphatic heterocycles. The molecule has 0 fully saturated rings. The molecule has 3 aromatic heterocycles. The maximum absolute atomic E-state index is 11.0. The second-order valence-corrected chi connectivity index (χ2v) is 7.91. The van der Waals surface area contributed by atoms with E-state index in [1.807, 2.05) is 48.5 Å². The molecule has 1 atom stereocenters. The van der Waals surface area contributed by atoms with Gasteiger partial charge in [-0.3, -0.25) is 4.98 Å². The van der Waals surface area contributed by atoms with Crippen molar-refractivity contribution in [1.82, 2.24) is 29.9 Å². The fraction of sp³-hybridized carbons (Fsp3) is 0.0952. The molecular formula is C21H16N6O2P+. The summed E-state index contributed by atoms with van der Waals surface area (Å²) in [6.07, 6.45) is 3.57. The van der Waals surface area contributed by atoms with Gasteiger partial charge in [0.25, 0.3) is 0 Å². The minimum Gasteiger partial charge on any atom is -0.256 e. The highest BCUT2D eigenvalue weighted by atomic mass is 31.1. The van der Waals surface area contributed by atoms with Crippen LogP contribution in [0.25, 0.3) is 33.5 Å². The zero-order valence-corrected chi connectivity index (χ0v) is 16.6. The summed E-state index contributed by atoms with van der Waals surface area (Å²) < 4.78 is 12.7. The van der Waals surface area contributed by atoms with Crippen LogP contribution in [0.2, 0.25) is 0 Å². The Morgan fingerprint density at radius 3 is 2.67 bits per heavy atom. The lowest BCUT2D eigenvalue weighted by molar-refractivity contribution is 0.502. The monoisotopic (exact) mass is 415 g/mol. The molecule has 146 valence electrons. The van der Waals surface area contributed by atoms with E-state index < -0.39 is 8.03 Å². The van der Waals surface area contributed by atoms with Crippen LogP contribution in [0.15, 0.2) is 67.0 Å². The summed E-state index contributed by atoms with van der Waals surface area (Å²) in [5, 5.41) is 9.41. The van der Waals surface area contributed by atoms with Crippen molar-refractivity contribution in [2.24, 2.45) is 0 Å². The van der Waals surface area contributed by atoms with E-state index in [1.165, 1.54) is 0 Å². The predicted molar refractivity (Wildman–Crippen MR) is 113 cm³/mol. The van der Waals surface area contributed by atoms with Crippen LogP contribution in [0, 0.1) is 0 Å². The van der Waals surface area contributed by atoms with Crippen molar-refractivity contribution in [3.63, 3.8) is 0 Å². The number of fused-ring (bicyclic) bond motifs is 2. The molecule has 0 spiro atoms. The third-order valence-electron chi connectivity index (χ3n) is 4.79. The first-order valence-corrected chi connectivity index (χ1v) is 10.7. The molecule has 5 rings (SSSR count). The first kappa shape index (κ1) is 18.4. The van der Waals surface area contributed by atoms with Gasteiger partial charge in [-0.1, -0.05) is 41.6 Å². The molecule has 0 amide bonds. The van der Waals surface area contributed by atoms with Crippen LogP contribution < -0.4 is 0 Å². The van der Waals surface area contributed by atoms with Crippen molar-refractivity contribution < 1.29 is 9.46 Å². The molecule has 0 saturated heterocycles. The Kier molecular flexibility index (Phi) is 4.71. The van der Waals surface area contributed by atoms with E-state index in [4.69, 9.17) is 9.88 Å². The fourth-order valence-corrected chi connectivity index (χ4v) is 3.86. The van der Waals surface area contributed by atoms with Gasteiger partial charge in [0.05, 0.1) is 24.0 Å². The van der Waals surface area contributed by atoms with Crippen LogP contribution in [-0.4, -0.2) is 34.8 Å². The number of rotatable bonds is 5. The second kappa shape index (κ2) is 7.67. The molecule has 3 heterocycles. The number of hydrogen-bond acceptors (Lipinski definition) is 6. The zero-order chi connectivity index (χ0) is 20.5. The second-order valence-electron chi connectivity index (χ2n) is 6.89. The molecule has 1 unspecified atom stereocenters. The van der Waals surface area contributed by atoms with Crippen LogP contribution in [0.5, 0.6) is 0 Å². The van der Waals surface area contributed by atoms with Crippen molar-refractivity contribution in [1.29, 1.82) is 0 Å². The number of hydrogen-bond donors (Lipinski definition) is 1. The van der Waals surface area contributed by atoms with E-state index in [0.717, 1.165) is 27.6 Å².